The van der Waals surface area contributed by atoms with Gasteiger partial charge in [0.15, 0.2) is 0 Å². The Hall–Kier alpha value is -6.40. The van der Waals surface area contributed by atoms with Crippen LogP contribution in [0, 0.1) is 22.7 Å². The molecule has 0 radical (unpaired) electrons. The number of nitrogens with zero attached hydrogens (tertiary/aromatic N) is 8. The predicted octanol–water partition coefficient (Wildman–Crippen LogP) is 12.8. The highest BCUT2D eigenvalue weighted by Crippen LogP contribution is 2.35. The third-order valence-corrected chi connectivity index (χ3v) is 12.4. The molecule has 0 saturated carbocycles. The van der Waals surface area contributed by atoms with E-state index in [0.717, 1.165) is 77.5 Å². The zero-order valence-corrected chi connectivity index (χ0v) is 33.8. The number of rotatable bonds is 8. The second-order valence-corrected chi connectivity index (χ2v) is 16.2. The van der Waals surface area contributed by atoms with Gasteiger partial charge >= 0.3 is 0 Å². The molecule has 0 aliphatic heterocycles. The van der Waals surface area contributed by atoms with Crippen LogP contribution < -0.4 is 0 Å². The lowest BCUT2D eigenvalue weighted by molar-refractivity contribution is 1.00. The molecule has 0 saturated heterocycles. The van der Waals surface area contributed by atoms with Gasteiger partial charge in [-0.15, -0.1) is 22.7 Å². The molecule has 4 aromatic carbocycles. The molecule has 10 aromatic rings. The fourth-order valence-corrected chi connectivity index (χ4v) is 9.18. The molecule has 0 fully saturated rings. The lowest BCUT2D eigenvalue weighted by Crippen LogP contribution is -1.96. The van der Waals surface area contributed by atoms with Gasteiger partial charge in [0.25, 0.3) is 0 Å². The molecule has 0 spiro atoms. The molecule has 8 nitrogen and oxygen atoms in total. The van der Waals surface area contributed by atoms with Crippen LogP contribution in [0.3, 0.4) is 0 Å². The van der Waals surface area contributed by atoms with E-state index in [-0.39, 0.29) is 0 Å². The summed E-state index contributed by atoms with van der Waals surface area (Å²) >= 11 is 16.7. The van der Waals surface area contributed by atoms with Crippen molar-refractivity contribution in [1.29, 1.82) is 10.5 Å². The number of pyridine rings is 2. The Balaban J connectivity index is 0.000000150. The highest BCUT2D eigenvalue weighted by Gasteiger charge is 2.16. The fraction of sp³-hybridized carbons (Fsp3) is 0.0870. The van der Waals surface area contributed by atoms with Crippen LogP contribution in [0.2, 0.25) is 10.0 Å². The Bertz CT molecular complexity index is 2980. The zero-order chi connectivity index (χ0) is 39.6. The van der Waals surface area contributed by atoms with Crippen molar-refractivity contribution in [3.05, 3.63) is 154 Å². The zero-order valence-electron chi connectivity index (χ0n) is 30.7. The van der Waals surface area contributed by atoms with E-state index in [9.17, 15) is 0 Å². The summed E-state index contributed by atoms with van der Waals surface area (Å²) in [6.07, 6.45) is 9.52. The van der Waals surface area contributed by atoms with Gasteiger partial charge in [-0.2, -0.15) is 10.5 Å². The molecule has 10 rings (SSSR count). The van der Waals surface area contributed by atoms with Crippen molar-refractivity contribution >= 4 is 89.7 Å². The van der Waals surface area contributed by atoms with E-state index in [0.29, 0.717) is 35.7 Å². The molecule has 58 heavy (non-hydrogen) atoms. The number of nitriles is 2. The Morgan fingerprint density at radius 2 is 1.00 bits per heavy atom. The van der Waals surface area contributed by atoms with Crippen LogP contribution in [0.25, 0.3) is 76.1 Å². The molecule has 0 amide bonds. The third-order valence-electron chi connectivity index (χ3n) is 9.95. The minimum absolute atomic E-state index is 0.478. The summed E-state index contributed by atoms with van der Waals surface area (Å²) in [7, 11) is 0. The van der Waals surface area contributed by atoms with Gasteiger partial charge in [-0.1, -0.05) is 59.6 Å². The lowest BCUT2D eigenvalue weighted by atomic mass is 10.1. The average molecular weight is 830 g/mol. The van der Waals surface area contributed by atoms with E-state index >= 15 is 0 Å². The van der Waals surface area contributed by atoms with E-state index in [2.05, 4.69) is 91.4 Å². The van der Waals surface area contributed by atoms with Gasteiger partial charge in [0, 0.05) is 33.4 Å². The topological polar surface area (TPSA) is 109 Å². The molecular weight excluding hydrogens is 800 g/mol. The predicted molar refractivity (Wildman–Crippen MR) is 237 cm³/mol. The number of halogens is 2. The molecule has 6 aromatic heterocycles. The molecule has 0 aliphatic rings. The Kier molecular flexibility index (Phi) is 10.4. The maximum Gasteiger partial charge on any atom is 0.108 e. The minimum Gasteiger partial charge on any atom is -0.297 e. The number of hydrogen-bond acceptors (Lipinski definition) is 8. The van der Waals surface area contributed by atoms with E-state index in [4.69, 9.17) is 33.7 Å². The second kappa shape index (κ2) is 16.2. The van der Waals surface area contributed by atoms with Crippen molar-refractivity contribution in [3.8, 4) is 44.4 Å². The van der Waals surface area contributed by atoms with Crippen molar-refractivity contribution in [1.82, 2.24) is 29.1 Å². The number of aryl methyl sites for hydroxylation is 2. The molecule has 280 valence electrons. The first-order valence-corrected chi connectivity index (χ1v) is 20.9. The van der Waals surface area contributed by atoms with Crippen molar-refractivity contribution in [3.63, 3.8) is 0 Å². The largest absolute Gasteiger partial charge is 0.297 e. The molecule has 0 unspecified atom stereocenters. The normalized spacial score (nSPS) is 11.2. The monoisotopic (exact) mass is 828 g/mol. The number of thiophene rings is 2. The summed E-state index contributed by atoms with van der Waals surface area (Å²) in [4.78, 5) is 20.7. The van der Waals surface area contributed by atoms with Gasteiger partial charge < -0.3 is 0 Å². The van der Waals surface area contributed by atoms with E-state index < -0.39 is 0 Å². The standard InChI is InChI=1S/2C23H15ClN4S/c2*24-18-11-15(3-1-9-25)5-8-21(18)28-14-27-20-13-26-19-7-6-16(12-17(19)23(20)28)22-4-2-10-29-22/h2*2,4-8,10-14H,1,3H2. The molecular formula is C46H30Cl2N8S2. The van der Waals surface area contributed by atoms with Gasteiger partial charge in [-0.25, -0.2) is 9.97 Å². The Morgan fingerprint density at radius 1 is 0.534 bits per heavy atom. The van der Waals surface area contributed by atoms with E-state index in [1.54, 1.807) is 47.7 Å². The summed E-state index contributed by atoms with van der Waals surface area (Å²) in [6, 6.07) is 37.2. The quantitative estimate of drug-likeness (QED) is 0.151. The second-order valence-electron chi connectivity index (χ2n) is 13.5. The van der Waals surface area contributed by atoms with Crippen LogP contribution in [0.4, 0.5) is 0 Å². The Morgan fingerprint density at radius 3 is 1.40 bits per heavy atom. The van der Waals surface area contributed by atoms with Crippen molar-refractivity contribution < 1.29 is 0 Å². The van der Waals surface area contributed by atoms with Gasteiger partial charge in [0.2, 0.25) is 0 Å². The number of aromatic nitrogens is 6. The maximum absolute atomic E-state index is 8.81. The lowest BCUT2D eigenvalue weighted by Gasteiger charge is -2.11. The van der Waals surface area contributed by atoms with Crippen molar-refractivity contribution in [2.75, 3.05) is 0 Å². The van der Waals surface area contributed by atoms with Crippen LogP contribution in [0.5, 0.6) is 0 Å². The molecule has 0 atom stereocenters. The number of hydrogen-bond donors (Lipinski definition) is 0. The van der Waals surface area contributed by atoms with Crippen molar-refractivity contribution in [2.24, 2.45) is 0 Å². The molecule has 0 bridgehead atoms. The number of imidazole rings is 2. The van der Waals surface area contributed by atoms with Gasteiger partial charge in [0.05, 0.1) is 68.0 Å². The highest BCUT2D eigenvalue weighted by atomic mass is 35.5. The number of benzene rings is 4. The SMILES string of the molecule is N#CCCc1ccc(-n2cnc3cnc4ccc(-c5cccs5)cc4c32)c(Cl)c1.N#CCCc1ccc(-n2cnc3cnc4ccc(-c5cccs5)cc4c32)c(Cl)c1. The first-order chi connectivity index (χ1) is 28.5. The van der Waals surface area contributed by atoms with Crippen molar-refractivity contribution in [2.45, 2.75) is 25.7 Å². The summed E-state index contributed by atoms with van der Waals surface area (Å²) in [5, 5.41) is 25.1. The van der Waals surface area contributed by atoms with Crippen LogP contribution in [0.15, 0.2) is 133 Å². The van der Waals surface area contributed by atoms with Crippen LogP contribution in [0.1, 0.15) is 24.0 Å². The summed E-state index contributed by atoms with van der Waals surface area (Å²) in [5.74, 6) is 0. The summed E-state index contributed by atoms with van der Waals surface area (Å²) in [6.45, 7) is 0. The highest BCUT2D eigenvalue weighted by molar-refractivity contribution is 7.13. The minimum atomic E-state index is 0.478. The Labute approximate surface area is 351 Å². The molecule has 6 heterocycles. The first-order valence-electron chi connectivity index (χ1n) is 18.4. The van der Waals surface area contributed by atoms with Gasteiger partial charge in [-0.05, 0) is 107 Å². The van der Waals surface area contributed by atoms with E-state index in [1.165, 1.54) is 9.75 Å². The third kappa shape index (κ3) is 7.20. The maximum atomic E-state index is 8.81. The van der Waals surface area contributed by atoms with Crippen LogP contribution in [-0.2, 0) is 12.8 Å². The first kappa shape index (κ1) is 37.2. The van der Waals surface area contributed by atoms with Gasteiger partial charge in [-0.3, -0.25) is 19.1 Å². The summed E-state index contributed by atoms with van der Waals surface area (Å²) in [5.41, 5.74) is 11.6. The van der Waals surface area contributed by atoms with Gasteiger partial charge in [0.1, 0.15) is 23.7 Å². The summed E-state index contributed by atoms with van der Waals surface area (Å²) < 4.78 is 4.04. The van der Waals surface area contributed by atoms with Crippen LogP contribution >= 0.6 is 45.9 Å². The molecule has 12 heteroatoms. The fourth-order valence-electron chi connectivity index (χ4n) is 7.15. The van der Waals surface area contributed by atoms with Crippen LogP contribution in [-0.4, -0.2) is 29.1 Å². The molecule has 0 aliphatic carbocycles. The molecule has 0 N–H and O–H groups in total. The average Bonchev–Trinajstić information content (AvgIpc) is 4.10. The number of fused-ring (bicyclic) bond motifs is 6. The van der Waals surface area contributed by atoms with E-state index in [1.807, 2.05) is 57.7 Å². The smallest absolute Gasteiger partial charge is 0.108 e.